The van der Waals surface area contributed by atoms with Gasteiger partial charge in [-0.15, -0.1) is 0 Å². The van der Waals surface area contributed by atoms with Crippen molar-refractivity contribution in [3.05, 3.63) is 24.7 Å². The van der Waals surface area contributed by atoms with Gasteiger partial charge in [-0.3, -0.25) is 0 Å². The van der Waals surface area contributed by atoms with Crippen LogP contribution in [0.3, 0.4) is 0 Å². The molecule has 0 aromatic rings. The van der Waals surface area contributed by atoms with Crippen LogP contribution in [0.2, 0.25) is 0 Å². The molecule has 0 bridgehead atoms. The van der Waals surface area contributed by atoms with Gasteiger partial charge in [-0.1, -0.05) is 0 Å². The summed E-state index contributed by atoms with van der Waals surface area (Å²) in [6.07, 6.45) is 6.02. The zero-order chi connectivity index (χ0) is 6.10. The van der Waals surface area contributed by atoms with Crippen molar-refractivity contribution in [2.24, 2.45) is 0 Å². The number of nitrogens with one attached hydrogen (secondary N) is 1. The second-order valence-electron chi connectivity index (χ2n) is 1.71. The largest absolute Gasteiger partial charge is 0.343 e. The number of fused-ring (bicyclic) bond motifs is 1. The van der Waals surface area contributed by atoms with Crippen LogP contribution in [0.4, 0.5) is 0 Å². The molecule has 0 atom stereocenters. The maximum atomic E-state index is 3.98. The van der Waals surface area contributed by atoms with Crippen molar-refractivity contribution < 1.29 is 0 Å². The Morgan fingerprint density at radius 3 is 3.44 bits per heavy atom. The van der Waals surface area contributed by atoms with Crippen LogP contribution in [-0.2, 0) is 0 Å². The number of hydrogen-bond acceptors (Lipinski definition) is 2. The standard InChI is InChI=1S/C6H4N3/c1-2-8-6-5(1)7-3-4-9-6/h1-2,4H,(H,8,9). The fourth-order valence-corrected chi connectivity index (χ4v) is 0.731. The number of H-pyrrole nitrogens is 1. The molecule has 0 saturated carbocycles. The van der Waals surface area contributed by atoms with Crippen molar-refractivity contribution in [2.45, 2.75) is 0 Å². The lowest BCUT2D eigenvalue weighted by Gasteiger charge is -1.90. The van der Waals surface area contributed by atoms with Crippen LogP contribution in [-0.4, -0.2) is 15.0 Å². The third kappa shape index (κ3) is 0.579. The average Bonchev–Trinajstić information content (AvgIpc) is 2.33. The number of hydrogen-bond donors (Lipinski definition) is 1. The van der Waals surface area contributed by atoms with Crippen molar-refractivity contribution in [2.75, 3.05) is 0 Å². The molecule has 0 unspecified atom stereocenters. The Kier molecular flexibility index (Phi) is 0.773. The Balaban J connectivity index is 2.79. The summed E-state index contributed by atoms with van der Waals surface area (Å²) in [6.45, 7) is 0. The molecule has 0 fully saturated rings. The van der Waals surface area contributed by atoms with Gasteiger partial charge in [-0.05, 0) is 6.07 Å². The number of rotatable bonds is 0. The molecule has 1 N–H and O–H groups in total. The van der Waals surface area contributed by atoms with E-state index in [4.69, 9.17) is 0 Å². The molecule has 1 radical (unpaired) electrons. The predicted octanol–water partition coefficient (Wildman–Crippen LogP) is 0.710. The maximum Gasteiger partial charge on any atom is 0.156 e. The van der Waals surface area contributed by atoms with Crippen molar-refractivity contribution in [3.8, 4) is 11.5 Å². The van der Waals surface area contributed by atoms with Crippen molar-refractivity contribution in [3.63, 3.8) is 0 Å². The summed E-state index contributed by atoms with van der Waals surface area (Å²) in [6, 6.07) is 1.84. The number of aromatic nitrogens is 3. The Hall–Kier alpha value is -1.38. The number of nitrogens with zero attached hydrogens (tertiary/aromatic N) is 2. The molecule has 3 heteroatoms. The van der Waals surface area contributed by atoms with Gasteiger partial charge in [0.2, 0.25) is 0 Å². The summed E-state index contributed by atoms with van der Waals surface area (Å²) >= 11 is 0. The molecule has 0 aliphatic carbocycles. The third-order valence-corrected chi connectivity index (χ3v) is 1.14. The lowest BCUT2D eigenvalue weighted by molar-refractivity contribution is 1.15. The van der Waals surface area contributed by atoms with E-state index < -0.39 is 0 Å². The summed E-state index contributed by atoms with van der Waals surface area (Å²) in [4.78, 5) is 10.8. The molecule has 0 saturated heterocycles. The maximum absolute atomic E-state index is 3.98. The molecule has 2 rings (SSSR count). The highest BCUT2D eigenvalue weighted by Crippen LogP contribution is 2.10. The minimum Gasteiger partial charge on any atom is -0.343 e. The van der Waals surface area contributed by atoms with Gasteiger partial charge >= 0.3 is 0 Å². The molecular weight excluding hydrogens is 114 g/mol. The fraction of sp³-hybridized carbons (Fsp3) is 0. The smallest absolute Gasteiger partial charge is 0.156 e. The first-order valence-corrected chi connectivity index (χ1v) is 2.63. The van der Waals surface area contributed by atoms with E-state index in [1.165, 1.54) is 0 Å². The van der Waals surface area contributed by atoms with Crippen LogP contribution in [0.1, 0.15) is 0 Å². The second-order valence-corrected chi connectivity index (χ2v) is 1.71. The second kappa shape index (κ2) is 1.55. The first-order chi connectivity index (χ1) is 4.47. The van der Waals surface area contributed by atoms with E-state index >= 15 is 0 Å². The van der Waals surface area contributed by atoms with Crippen LogP contribution in [0.25, 0.3) is 11.5 Å². The molecule has 2 aliphatic rings. The fourth-order valence-electron chi connectivity index (χ4n) is 0.731. The third-order valence-electron chi connectivity index (χ3n) is 1.14. The molecule has 0 aromatic carbocycles. The van der Waals surface area contributed by atoms with Crippen LogP contribution in [0, 0.1) is 6.20 Å². The van der Waals surface area contributed by atoms with Crippen molar-refractivity contribution in [1.82, 2.24) is 15.0 Å². The Labute approximate surface area is 52.1 Å². The van der Waals surface area contributed by atoms with E-state index in [0.717, 1.165) is 11.5 Å². The van der Waals surface area contributed by atoms with Gasteiger partial charge in [0.25, 0.3) is 0 Å². The van der Waals surface area contributed by atoms with E-state index in [-0.39, 0.29) is 0 Å². The van der Waals surface area contributed by atoms with E-state index in [1.807, 2.05) is 6.07 Å². The van der Waals surface area contributed by atoms with E-state index in [1.54, 1.807) is 12.4 Å². The van der Waals surface area contributed by atoms with E-state index in [9.17, 15) is 0 Å². The highest BCUT2D eigenvalue weighted by atomic mass is 14.9. The lowest BCUT2D eigenvalue weighted by Crippen LogP contribution is -1.84. The van der Waals surface area contributed by atoms with Gasteiger partial charge in [0.15, 0.2) is 5.82 Å². The average molecular weight is 118 g/mol. The van der Waals surface area contributed by atoms with E-state index in [0.29, 0.717) is 0 Å². The molecular formula is C6H4N3. The van der Waals surface area contributed by atoms with Crippen LogP contribution < -0.4 is 0 Å². The zero-order valence-electron chi connectivity index (χ0n) is 4.63. The van der Waals surface area contributed by atoms with Crippen molar-refractivity contribution in [1.29, 1.82) is 0 Å². The van der Waals surface area contributed by atoms with Crippen LogP contribution in [0.5, 0.6) is 0 Å². The summed E-state index contributed by atoms with van der Waals surface area (Å²) in [5.74, 6) is 0.814. The topological polar surface area (TPSA) is 41.6 Å². The van der Waals surface area contributed by atoms with Gasteiger partial charge < -0.3 is 4.98 Å². The normalized spacial score (nSPS) is 10.2. The minimum absolute atomic E-state index is 0.814. The van der Waals surface area contributed by atoms with Gasteiger partial charge in [-0.25, -0.2) is 9.97 Å². The monoisotopic (exact) mass is 118 g/mol. The first kappa shape index (κ1) is 4.49. The molecule has 43 valence electrons. The molecule has 0 amide bonds. The molecule has 0 aromatic heterocycles. The van der Waals surface area contributed by atoms with Gasteiger partial charge in [-0.2, -0.15) is 0 Å². The lowest BCUT2D eigenvalue weighted by atomic mass is 10.4. The molecule has 2 heterocycles. The van der Waals surface area contributed by atoms with Crippen molar-refractivity contribution >= 4 is 0 Å². The quantitative estimate of drug-likeness (QED) is 0.553. The predicted molar refractivity (Wildman–Crippen MR) is 31.8 cm³/mol. The summed E-state index contributed by atoms with van der Waals surface area (Å²) in [7, 11) is 0. The molecule has 0 spiro atoms. The van der Waals surface area contributed by atoms with Gasteiger partial charge in [0.05, 0.1) is 0 Å². The summed E-state index contributed by atoms with van der Waals surface area (Å²) < 4.78 is 0. The highest BCUT2D eigenvalue weighted by molar-refractivity contribution is 5.49. The van der Waals surface area contributed by atoms with Gasteiger partial charge in [0, 0.05) is 12.4 Å². The van der Waals surface area contributed by atoms with Gasteiger partial charge in [0.1, 0.15) is 11.9 Å². The molecule has 3 nitrogen and oxygen atoms in total. The summed E-state index contributed by atoms with van der Waals surface area (Å²) in [5.41, 5.74) is 0.859. The van der Waals surface area contributed by atoms with Crippen LogP contribution >= 0.6 is 0 Å². The number of aromatic amines is 1. The minimum atomic E-state index is 0.814. The molecule has 2 aliphatic heterocycles. The SMILES string of the molecule is [c]1c[nH]c2nccc-2n1. The Morgan fingerprint density at radius 2 is 2.56 bits per heavy atom. The molecule has 9 heavy (non-hydrogen) atoms. The zero-order valence-corrected chi connectivity index (χ0v) is 4.63. The van der Waals surface area contributed by atoms with Crippen LogP contribution in [0.15, 0.2) is 18.5 Å². The Bertz CT molecular complexity index is 248. The Morgan fingerprint density at radius 1 is 1.56 bits per heavy atom. The summed E-state index contributed by atoms with van der Waals surface area (Å²) in [5, 5.41) is 0. The highest BCUT2D eigenvalue weighted by Gasteiger charge is 2.00. The first-order valence-electron chi connectivity index (χ1n) is 2.63. The van der Waals surface area contributed by atoms with E-state index in [2.05, 4.69) is 21.1 Å².